The Labute approximate surface area is 128 Å². The van der Waals surface area contributed by atoms with Crippen molar-refractivity contribution < 1.29 is 14.3 Å². The largest absolute Gasteiger partial charge is 0.493 e. The molecule has 0 unspecified atom stereocenters. The van der Waals surface area contributed by atoms with Gasteiger partial charge in [-0.3, -0.25) is 4.79 Å². The molecule has 0 aromatic heterocycles. The highest BCUT2D eigenvalue weighted by Gasteiger charge is 2.26. The van der Waals surface area contributed by atoms with Crippen LogP contribution in [-0.2, 0) is 4.79 Å². The molecule has 0 bridgehead atoms. The van der Waals surface area contributed by atoms with Gasteiger partial charge in [0.15, 0.2) is 11.5 Å². The Morgan fingerprint density at radius 3 is 2.41 bits per heavy atom. The number of rotatable bonds is 4. The highest BCUT2D eigenvalue weighted by molar-refractivity contribution is 6.19. The Bertz CT molecular complexity index is 726. The molecule has 1 heterocycles. The summed E-state index contributed by atoms with van der Waals surface area (Å²) in [5, 5.41) is 5.88. The molecule has 0 spiro atoms. The Kier molecular flexibility index (Phi) is 3.78. The fourth-order valence-electron chi connectivity index (χ4n) is 2.38. The lowest BCUT2D eigenvalue weighted by Gasteiger charge is -2.10. The molecule has 0 saturated carbocycles. The number of para-hydroxylation sites is 1. The zero-order valence-corrected chi connectivity index (χ0v) is 12.4. The summed E-state index contributed by atoms with van der Waals surface area (Å²) in [6.07, 6.45) is 0.268. The molecular weight excluding hydrogens is 280 g/mol. The number of hydrazone groups is 1. The Morgan fingerprint density at radius 2 is 1.73 bits per heavy atom. The predicted molar refractivity (Wildman–Crippen MR) is 84.6 cm³/mol. The number of amides is 1. The van der Waals surface area contributed by atoms with E-state index >= 15 is 0 Å². The molecule has 0 saturated heterocycles. The van der Waals surface area contributed by atoms with Crippen LogP contribution in [0.3, 0.4) is 0 Å². The normalized spacial score (nSPS) is 14.0. The van der Waals surface area contributed by atoms with Crippen molar-refractivity contribution in [1.82, 2.24) is 0 Å². The lowest BCUT2D eigenvalue weighted by molar-refractivity contribution is -0.116. The van der Waals surface area contributed by atoms with Crippen LogP contribution in [0.4, 0.5) is 5.69 Å². The molecule has 22 heavy (non-hydrogen) atoms. The monoisotopic (exact) mass is 296 g/mol. The van der Waals surface area contributed by atoms with Gasteiger partial charge in [-0.2, -0.15) is 5.10 Å². The van der Waals surface area contributed by atoms with Crippen LogP contribution in [0.1, 0.15) is 12.0 Å². The van der Waals surface area contributed by atoms with Crippen LogP contribution in [0.25, 0.3) is 0 Å². The minimum atomic E-state index is -0.0454. The number of ether oxygens (including phenoxy) is 2. The molecule has 5 nitrogen and oxygen atoms in total. The maximum atomic E-state index is 12.2. The van der Waals surface area contributed by atoms with E-state index < -0.39 is 0 Å². The summed E-state index contributed by atoms with van der Waals surface area (Å²) in [5.41, 5.74) is 2.34. The van der Waals surface area contributed by atoms with Gasteiger partial charge in [-0.1, -0.05) is 18.2 Å². The third-order valence-electron chi connectivity index (χ3n) is 3.49. The summed E-state index contributed by atoms with van der Waals surface area (Å²) in [4.78, 5) is 12.2. The lowest BCUT2D eigenvalue weighted by atomic mass is 10.1. The first kappa shape index (κ1) is 14.1. The van der Waals surface area contributed by atoms with Crippen LogP contribution in [0.15, 0.2) is 53.6 Å². The number of hydrogen-bond donors (Lipinski definition) is 0. The molecule has 1 amide bonds. The molecular formula is C17H16N2O3. The van der Waals surface area contributed by atoms with Gasteiger partial charge in [0.2, 0.25) is 0 Å². The zero-order chi connectivity index (χ0) is 15.5. The first-order chi connectivity index (χ1) is 10.7. The number of methoxy groups -OCH3 is 2. The third-order valence-corrected chi connectivity index (χ3v) is 3.49. The van der Waals surface area contributed by atoms with Crippen LogP contribution in [0.2, 0.25) is 0 Å². The molecule has 3 rings (SSSR count). The van der Waals surface area contributed by atoms with E-state index in [9.17, 15) is 4.79 Å². The van der Waals surface area contributed by atoms with Gasteiger partial charge < -0.3 is 9.47 Å². The Hall–Kier alpha value is -2.82. The van der Waals surface area contributed by atoms with Crippen molar-refractivity contribution in [1.29, 1.82) is 0 Å². The van der Waals surface area contributed by atoms with Crippen LogP contribution in [0.5, 0.6) is 11.5 Å². The average Bonchev–Trinajstić information content (AvgIpc) is 2.97. The van der Waals surface area contributed by atoms with E-state index in [0.717, 1.165) is 17.0 Å². The highest BCUT2D eigenvalue weighted by Crippen LogP contribution is 2.30. The molecule has 2 aromatic rings. The van der Waals surface area contributed by atoms with Gasteiger partial charge in [-0.05, 0) is 30.3 Å². The van der Waals surface area contributed by atoms with Crippen molar-refractivity contribution in [3.05, 3.63) is 54.1 Å². The van der Waals surface area contributed by atoms with Gasteiger partial charge in [0.25, 0.3) is 5.91 Å². The Morgan fingerprint density at radius 1 is 1.00 bits per heavy atom. The quantitative estimate of drug-likeness (QED) is 0.871. The SMILES string of the molecule is COc1ccc(C2=NN(c3ccccc3)C(=O)C2)cc1OC. The van der Waals surface area contributed by atoms with E-state index in [4.69, 9.17) is 9.47 Å². The topological polar surface area (TPSA) is 51.1 Å². The van der Waals surface area contributed by atoms with Gasteiger partial charge in [-0.15, -0.1) is 0 Å². The summed E-state index contributed by atoms with van der Waals surface area (Å²) < 4.78 is 10.5. The second-order valence-corrected chi connectivity index (χ2v) is 4.83. The smallest absolute Gasteiger partial charge is 0.253 e. The molecule has 0 atom stereocenters. The fourth-order valence-corrected chi connectivity index (χ4v) is 2.38. The lowest BCUT2D eigenvalue weighted by Crippen LogP contribution is -2.19. The van der Waals surface area contributed by atoms with Crippen molar-refractivity contribution >= 4 is 17.3 Å². The van der Waals surface area contributed by atoms with E-state index in [2.05, 4.69) is 5.10 Å². The predicted octanol–water partition coefficient (Wildman–Crippen LogP) is 2.84. The van der Waals surface area contributed by atoms with Gasteiger partial charge in [0.1, 0.15) is 0 Å². The Balaban J connectivity index is 1.94. The highest BCUT2D eigenvalue weighted by atomic mass is 16.5. The molecule has 5 heteroatoms. The second kappa shape index (κ2) is 5.89. The number of hydrogen-bond acceptors (Lipinski definition) is 4. The number of carbonyl (C=O) groups excluding carboxylic acids is 1. The molecule has 1 aliphatic heterocycles. The summed E-state index contributed by atoms with van der Waals surface area (Å²) in [5.74, 6) is 1.22. The fraction of sp³-hybridized carbons (Fsp3) is 0.176. The van der Waals surface area contributed by atoms with Crippen molar-refractivity contribution in [2.75, 3.05) is 19.2 Å². The first-order valence-corrected chi connectivity index (χ1v) is 6.91. The number of carbonyl (C=O) groups is 1. The van der Waals surface area contributed by atoms with Crippen molar-refractivity contribution in [2.24, 2.45) is 5.10 Å². The van der Waals surface area contributed by atoms with Gasteiger partial charge in [-0.25, -0.2) is 5.01 Å². The molecule has 112 valence electrons. The van der Waals surface area contributed by atoms with E-state index in [-0.39, 0.29) is 12.3 Å². The van der Waals surface area contributed by atoms with Crippen molar-refractivity contribution in [3.8, 4) is 11.5 Å². The molecule has 0 fully saturated rings. The zero-order valence-electron chi connectivity index (χ0n) is 12.4. The van der Waals surface area contributed by atoms with E-state index in [1.165, 1.54) is 5.01 Å². The summed E-state index contributed by atoms with van der Waals surface area (Å²) in [6.45, 7) is 0. The average molecular weight is 296 g/mol. The molecule has 0 aliphatic carbocycles. The van der Waals surface area contributed by atoms with Gasteiger partial charge in [0, 0.05) is 5.56 Å². The van der Waals surface area contributed by atoms with Crippen LogP contribution in [-0.4, -0.2) is 25.8 Å². The van der Waals surface area contributed by atoms with E-state index in [1.54, 1.807) is 14.2 Å². The van der Waals surface area contributed by atoms with Crippen LogP contribution in [0, 0.1) is 0 Å². The molecule has 0 N–H and O–H groups in total. The standard InChI is InChI=1S/C17H16N2O3/c1-21-15-9-8-12(10-16(15)22-2)14-11-17(20)19(18-14)13-6-4-3-5-7-13/h3-10H,11H2,1-2H3. The first-order valence-electron chi connectivity index (χ1n) is 6.91. The summed E-state index contributed by atoms with van der Waals surface area (Å²) in [7, 11) is 3.17. The minimum absolute atomic E-state index is 0.0454. The number of benzene rings is 2. The maximum Gasteiger partial charge on any atom is 0.253 e. The summed E-state index contributed by atoms with van der Waals surface area (Å²) in [6, 6.07) is 14.9. The third kappa shape index (κ3) is 2.53. The second-order valence-electron chi connectivity index (χ2n) is 4.83. The van der Waals surface area contributed by atoms with E-state index in [0.29, 0.717) is 11.5 Å². The molecule has 0 radical (unpaired) electrons. The van der Waals surface area contributed by atoms with Crippen molar-refractivity contribution in [2.45, 2.75) is 6.42 Å². The van der Waals surface area contributed by atoms with E-state index in [1.807, 2.05) is 48.5 Å². The van der Waals surface area contributed by atoms with Gasteiger partial charge in [0.05, 0.1) is 32.0 Å². The van der Waals surface area contributed by atoms with Crippen molar-refractivity contribution in [3.63, 3.8) is 0 Å². The summed E-state index contributed by atoms with van der Waals surface area (Å²) >= 11 is 0. The maximum absolute atomic E-state index is 12.2. The van der Waals surface area contributed by atoms with Crippen LogP contribution < -0.4 is 14.5 Å². The van der Waals surface area contributed by atoms with Crippen LogP contribution >= 0.6 is 0 Å². The molecule has 1 aliphatic rings. The molecule has 2 aromatic carbocycles. The number of anilines is 1. The minimum Gasteiger partial charge on any atom is -0.493 e. The number of nitrogens with zero attached hydrogens (tertiary/aromatic N) is 2. The van der Waals surface area contributed by atoms with Gasteiger partial charge >= 0.3 is 0 Å².